The van der Waals surface area contributed by atoms with Crippen LogP contribution in [0.2, 0.25) is 0 Å². The molecule has 0 saturated carbocycles. The number of amides is 1. The monoisotopic (exact) mass is 494 g/mol. The lowest BCUT2D eigenvalue weighted by molar-refractivity contribution is 0.102. The van der Waals surface area contributed by atoms with E-state index < -0.39 is 11.7 Å². The van der Waals surface area contributed by atoms with E-state index in [0.29, 0.717) is 17.0 Å². The number of hydrogen-bond donors (Lipinski definition) is 2. The Balaban J connectivity index is 1.41. The number of halogens is 1. The van der Waals surface area contributed by atoms with Crippen LogP contribution in [0, 0.1) is 12.7 Å². The van der Waals surface area contributed by atoms with E-state index in [0.717, 1.165) is 47.0 Å². The van der Waals surface area contributed by atoms with Gasteiger partial charge in [0.25, 0.3) is 11.5 Å². The molecule has 0 unspecified atom stereocenters. The summed E-state index contributed by atoms with van der Waals surface area (Å²) in [6.45, 7) is 3.51. The van der Waals surface area contributed by atoms with E-state index in [4.69, 9.17) is 4.98 Å². The Morgan fingerprint density at radius 2 is 2.00 bits per heavy atom. The molecule has 0 radical (unpaired) electrons. The number of benzene rings is 2. The van der Waals surface area contributed by atoms with Gasteiger partial charge in [0.15, 0.2) is 0 Å². The minimum Gasteiger partial charge on any atom is -0.369 e. The van der Waals surface area contributed by atoms with Crippen LogP contribution in [0.15, 0.2) is 72.1 Å². The Hall–Kier alpha value is -4.86. The number of rotatable bonds is 4. The first-order valence-electron chi connectivity index (χ1n) is 11.8. The maximum atomic E-state index is 14.1. The van der Waals surface area contributed by atoms with Crippen LogP contribution in [0.5, 0.6) is 0 Å². The van der Waals surface area contributed by atoms with Gasteiger partial charge in [0.1, 0.15) is 23.1 Å². The molecule has 0 aliphatic carbocycles. The predicted octanol–water partition coefficient (Wildman–Crippen LogP) is 4.14. The van der Waals surface area contributed by atoms with Crippen molar-refractivity contribution in [1.82, 2.24) is 24.3 Å². The van der Waals surface area contributed by atoms with Gasteiger partial charge in [0.2, 0.25) is 0 Å². The Kier molecular flexibility index (Phi) is 5.48. The second-order valence-electron chi connectivity index (χ2n) is 8.88. The molecular weight excluding hydrogens is 471 g/mol. The number of carbonyl (C=O) groups excluding carboxylic acids is 1. The van der Waals surface area contributed by atoms with Gasteiger partial charge in [-0.15, -0.1) is 0 Å². The molecule has 2 aromatic carbocycles. The normalized spacial score (nSPS) is 13.0. The summed E-state index contributed by atoms with van der Waals surface area (Å²) in [5.41, 5.74) is 5.43. The molecule has 1 aromatic heterocycles. The maximum Gasteiger partial charge on any atom is 0.258 e. The van der Waals surface area contributed by atoms with Crippen LogP contribution >= 0.6 is 0 Å². The number of aromatic nitrogens is 5. The fourth-order valence-electron chi connectivity index (χ4n) is 4.54. The average Bonchev–Trinajstić information content (AvgIpc) is 3.54. The van der Waals surface area contributed by atoms with Crippen LogP contribution in [0.25, 0.3) is 22.5 Å². The second kappa shape index (κ2) is 8.98. The highest BCUT2D eigenvalue weighted by molar-refractivity contribution is 6.05. The Bertz CT molecular complexity index is 1700. The molecule has 37 heavy (non-hydrogen) atoms. The van der Waals surface area contributed by atoms with Gasteiger partial charge >= 0.3 is 0 Å². The SMILES string of the molecule is Cc1ccc(NC(=O)c2ccccc2F)cc1-c1cc2cnc(=Nc3cnn(C)c3)nc-2n2c1NCC2. The molecule has 6 rings (SSSR count). The molecule has 3 aliphatic rings. The van der Waals surface area contributed by atoms with Crippen LogP contribution < -0.4 is 16.3 Å². The molecule has 0 fully saturated rings. The topological polar surface area (TPSA) is 102 Å². The van der Waals surface area contributed by atoms with Gasteiger partial charge in [-0.3, -0.25) is 9.48 Å². The fourth-order valence-corrected chi connectivity index (χ4v) is 4.54. The van der Waals surface area contributed by atoms with E-state index in [1.165, 1.54) is 12.1 Å². The zero-order chi connectivity index (χ0) is 25.5. The standard InChI is InChI=1S/C27H23FN8O/c1-16-7-8-18(32-26(37)20-5-3-4-6-23(20)28)12-21(16)22-11-17-13-30-27(33-19-14-31-35(2)15-19)34-24(17)36-10-9-29-25(22)36/h3-8,11-15,29H,9-10H2,1-2H3,(H,32,37). The van der Waals surface area contributed by atoms with Crippen molar-refractivity contribution in [3.05, 3.63) is 89.7 Å². The van der Waals surface area contributed by atoms with E-state index in [1.807, 2.05) is 38.2 Å². The summed E-state index contributed by atoms with van der Waals surface area (Å²) in [6.07, 6.45) is 5.23. The highest BCUT2D eigenvalue weighted by atomic mass is 19.1. The van der Waals surface area contributed by atoms with Crippen molar-refractivity contribution < 1.29 is 9.18 Å². The van der Waals surface area contributed by atoms with Crippen molar-refractivity contribution in [3.8, 4) is 22.5 Å². The van der Waals surface area contributed by atoms with E-state index in [-0.39, 0.29) is 5.56 Å². The van der Waals surface area contributed by atoms with Gasteiger partial charge in [-0.05, 0) is 48.4 Å². The summed E-state index contributed by atoms with van der Waals surface area (Å²) in [5.74, 6) is 0.652. The molecule has 0 atom stereocenters. The number of pyridine rings is 1. The van der Waals surface area contributed by atoms with Crippen molar-refractivity contribution in [3.63, 3.8) is 0 Å². The largest absolute Gasteiger partial charge is 0.369 e. The fraction of sp³-hybridized carbons (Fsp3) is 0.148. The summed E-state index contributed by atoms with van der Waals surface area (Å²) in [5, 5.41) is 10.4. The van der Waals surface area contributed by atoms with Crippen LogP contribution in [-0.4, -0.2) is 36.8 Å². The van der Waals surface area contributed by atoms with Crippen molar-refractivity contribution in [2.75, 3.05) is 17.2 Å². The van der Waals surface area contributed by atoms with Gasteiger partial charge in [-0.2, -0.15) is 10.1 Å². The van der Waals surface area contributed by atoms with Gasteiger partial charge in [0, 0.05) is 43.1 Å². The Labute approximate surface area is 211 Å². The van der Waals surface area contributed by atoms with E-state index in [1.54, 1.807) is 35.4 Å². The predicted molar refractivity (Wildman–Crippen MR) is 138 cm³/mol. The van der Waals surface area contributed by atoms with Gasteiger partial charge in [-0.25, -0.2) is 14.4 Å². The summed E-state index contributed by atoms with van der Waals surface area (Å²) >= 11 is 0. The smallest absolute Gasteiger partial charge is 0.258 e. The molecule has 0 spiro atoms. The molecular formula is C27H23FN8O. The molecule has 184 valence electrons. The van der Waals surface area contributed by atoms with Gasteiger partial charge < -0.3 is 15.2 Å². The summed E-state index contributed by atoms with van der Waals surface area (Å²) in [6, 6.07) is 13.6. The molecule has 9 nitrogen and oxygen atoms in total. The number of carbonyl (C=O) groups is 1. The highest BCUT2D eigenvalue weighted by Crippen LogP contribution is 2.38. The lowest BCUT2D eigenvalue weighted by Crippen LogP contribution is -2.17. The summed E-state index contributed by atoms with van der Waals surface area (Å²) in [4.78, 5) is 26.4. The number of aryl methyl sites for hydroxylation is 2. The minimum absolute atomic E-state index is 0.00176. The van der Waals surface area contributed by atoms with Crippen molar-refractivity contribution in [1.29, 1.82) is 0 Å². The van der Waals surface area contributed by atoms with Gasteiger partial charge in [-0.1, -0.05) is 18.2 Å². The maximum absolute atomic E-state index is 14.1. The van der Waals surface area contributed by atoms with E-state index >= 15 is 0 Å². The number of fused-ring (bicyclic) bond motifs is 3. The quantitative estimate of drug-likeness (QED) is 0.391. The van der Waals surface area contributed by atoms with Crippen molar-refractivity contribution >= 4 is 23.1 Å². The van der Waals surface area contributed by atoms with Gasteiger partial charge in [0.05, 0.1) is 18.0 Å². The average molecular weight is 495 g/mol. The molecule has 2 N–H and O–H groups in total. The minimum atomic E-state index is -0.560. The van der Waals surface area contributed by atoms with Crippen LogP contribution in [0.1, 0.15) is 15.9 Å². The van der Waals surface area contributed by atoms with Crippen molar-refractivity contribution in [2.24, 2.45) is 12.0 Å². The lowest BCUT2D eigenvalue weighted by Gasteiger charge is -2.19. The highest BCUT2D eigenvalue weighted by Gasteiger charge is 2.23. The Morgan fingerprint density at radius 3 is 2.81 bits per heavy atom. The van der Waals surface area contributed by atoms with Crippen LogP contribution in [-0.2, 0) is 13.6 Å². The third-order valence-electron chi connectivity index (χ3n) is 6.32. The number of nitrogens with one attached hydrogen (secondary N) is 2. The lowest BCUT2D eigenvalue weighted by atomic mass is 9.98. The zero-order valence-electron chi connectivity index (χ0n) is 20.2. The van der Waals surface area contributed by atoms with E-state index in [2.05, 4.69) is 30.3 Å². The molecule has 0 saturated heterocycles. The first-order chi connectivity index (χ1) is 18.0. The molecule has 4 heterocycles. The third kappa shape index (κ3) is 4.22. The number of nitrogens with zero attached hydrogens (tertiary/aromatic N) is 6. The molecule has 10 heteroatoms. The number of anilines is 2. The summed E-state index contributed by atoms with van der Waals surface area (Å²) < 4.78 is 17.9. The zero-order valence-corrected chi connectivity index (χ0v) is 20.2. The third-order valence-corrected chi connectivity index (χ3v) is 6.32. The first-order valence-corrected chi connectivity index (χ1v) is 11.8. The molecule has 3 aromatic rings. The first kappa shape index (κ1) is 22.6. The van der Waals surface area contributed by atoms with Crippen LogP contribution in [0.4, 0.5) is 21.6 Å². The molecule has 3 aliphatic heterocycles. The molecule has 0 bridgehead atoms. The van der Waals surface area contributed by atoms with E-state index in [9.17, 15) is 9.18 Å². The number of hydrogen-bond acceptors (Lipinski definition) is 6. The summed E-state index contributed by atoms with van der Waals surface area (Å²) in [7, 11) is 1.83. The molecule has 1 amide bonds. The second-order valence-corrected chi connectivity index (χ2v) is 8.88. The van der Waals surface area contributed by atoms with Crippen molar-refractivity contribution in [2.45, 2.75) is 13.5 Å². The Morgan fingerprint density at radius 1 is 1.14 bits per heavy atom. The van der Waals surface area contributed by atoms with Crippen LogP contribution in [0.3, 0.4) is 0 Å².